The Bertz CT molecular complexity index is 943. The predicted molar refractivity (Wildman–Crippen MR) is 124 cm³/mol. The van der Waals surface area contributed by atoms with E-state index >= 15 is 0 Å². The average molecular weight is 418 g/mol. The Morgan fingerprint density at radius 1 is 1.10 bits per heavy atom. The van der Waals surface area contributed by atoms with Gasteiger partial charge in [0.25, 0.3) is 0 Å². The van der Waals surface area contributed by atoms with E-state index < -0.39 is 0 Å². The largest absolute Gasteiger partial charge is 0.352 e. The van der Waals surface area contributed by atoms with Gasteiger partial charge in [-0.2, -0.15) is 0 Å². The summed E-state index contributed by atoms with van der Waals surface area (Å²) in [6.07, 6.45) is 8.42. The van der Waals surface area contributed by atoms with Crippen molar-refractivity contribution in [2.24, 2.45) is 4.99 Å². The molecule has 4 rings (SSSR count). The molecule has 3 heterocycles. The van der Waals surface area contributed by atoms with Crippen molar-refractivity contribution in [1.29, 1.82) is 0 Å². The van der Waals surface area contributed by atoms with Crippen molar-refractivity contribution in [3.8, 4) is 5.82 Å². The SMILES string of the molecule is CCC(c1ccccc1)N1CCN(C(=NC)NCc2ccc(-n3ccnc3)nc2)CC1. The summed E-state index contributed by atoms with van der Waals surface area (Å²) in [6, 6.07) is 15.4. The van der Waals surface area contributed by atoms with Gasteiger partial charge in [-0.3, -0.25) is 14.5 Å². The van der Waals surface area contributed by atoms with Crippen LogP contribution in [-0.2, 0) is 6.54 Å². The minimum absolute atomic E-state index is 0.485. The van der Waals surface area contributed by atoms with Crippen LogP contribution < -0.4 is 5.32 Å². The van der Waals surface area contributed by atoms with E-state index in [2.05, 4.69) is 73.4 Å². The lowest BCUT2D eigenvalue weighted by Gasteiger charge is -2.40. The molecule has 1 N–H and O–H groups in total. The first-order valence-corrected chi connectivity index (χ1v) is 11.0. The molecule has 162 valence electrons. The summed E-state index contributed by atoms with van der Waals surface area (Å²) in [6.45, 7) is 6.99. The van der Waals surface area contributed by atoms with Gasteiger partial charge >= 0.3 is 0 Å². The van der Waals surface area contributed by atoms with E-state index in [1.165, 1.54) is 5.56 Å². The van der Waals surface area contributed by atoms with Crippen LogP contribution in [0.4, 0.5) is 0 Å². The molecule has 1 atom stereocenters. The van der Waals surface area contributed by atoms with Crippen molar-refractivity contribution in [2.75, 3.05) is 33.2 Å². The zero-order valence-electron chi connectivity index (χ0n) is 18.4. The van der Waals surface area contributed by atoms with Gasteiger partial charge in [-0.05, 0) is 23.6 Å². The lowest BCUT2D eigenvalue weighted by Crippen LogP contribution is -2.52. The van der Waals surface area contributed by atoms with Crippen molar-refractivity contribution in [3.63, 3.8) is 0 Å². The maximum Gasteiger partial charge on any atom is 0.194 e. The highest BCUT2D eigenvalue weighted by Crippen LogP contribution is 2.25. The Labute approximate surface area is 184 Å². The van der Waals surface area contributed by atoms with Crippen molar-refractivity contribution in [1.82, 2.24) is 29.7 Å². The number of pyridine rings is 1. The molecule has 0 amide bonds. The van der Waals surface area contributed by atoms with Gasteiger partial charge in [-0.1, -0.05) is 43.3 Å². The lowest BCUT2D eigenvalue weighted by molar-refractivity contribution is 0.127. The topological polar surface area (TPSA) is 61.6 Å². The molecule has 3 aromatic rings. The van der Waals surface area contributed by atoms with Gasteiger partial charge in [0.2, 0.25) is 0 Å². The van der Waals surface area contributed by atoms with E-state index in [9.17, 15) is 0 Å². The molecule has 0 radical (unpaired) electrons. The molecular weight excluding hydrogens is 386 g/mol. The van der Waals surface area contributed by atoms with Gasteiger partial charge in [0.1, 0.15) is 12.1 Å². The minimum Gasteiger partial charge on any atom is -0.352 e. The minimum atomic E-state index is 0.485. The van der Waals surface area contributed by atoms with Crippen LogP contribution in [0.3, 0.4) is 0 Å². The number of benzene rings is 1. The average Bonchev–Trinajstić information content (AvgIpc) is 3.37. The molecule has 7 nitrogen and oxygen atoms in total. The molecule has 0 bridgehead atoms. The second kappa shape index (κ2) is 10.2. The van der Waals surface area contributed by atoms with Gasteiger partial charge in [0.15, 0.2) is 5.96 Å². The third-order valence-electron chi connectivity index (χ3n) is 5.87. The number of aromatic nitrogens is 3. The summed E-state index contributed by atoms with van der Waals surface area (Å²) in [4.78, 5) is 18.1. The molecule has 7 heteroatoms. The zero-order valence-corrected chi connectivity index (χ0v) is 18.4. The molecule has 1 aromatic carbocycles. The quantitative estimate of drug-likeness (QED) is 0.493. The second-order valence-electron chi connectivity index (χ2n) is 7.75. The van der Waals surface area contributed by atoms with E-state index in [1.807, 2.05) is 30.1 Å². The lowest BCUT2D eigenvalue weighted by atomic mass is 10.0. The van der Waals surface area contributed by atoms with E-state index in [0.717, 1.165) is 49.9 Å². The number of nitrogens with zero attached hydrogens (tertiary/aromatic N) is 6. The second-order valence-corrected chi connectivity index (χ2v) is 7.75. The van der Waals surface area contributed by atoms with Crippen LogP contribution in [0.1, 0.15) is 30.5 Å². The highest BCUT2D eigenvalue weighted by atomic mass is 15.3. The van der Waals surface area contributed by atoms with Crippen LogP contribution in [-0.4, -0.2) is 63.5 Å². The number of rotatable bonds is 6. The summed E-state index contributed by atoms with van der Waals surface area (Å²) < 4.78 is 1.90. The summed E-state index contributed by atoms with van der Waals surface area (Å²) in [5.74, 6) is 1.82. The Kier molecular flexibility index (Phi) is 6.94. The Balaban J connectivity index is 1.30. The van der Waals surface area contributed by atoms with Crippen LogP contribution in [0.2, 0.25) is 0 Å². The zero-order chi connectivity index (χ0) is 21.5. The maximum atomic E-state index is 4.53. The third kappa shape index (κ3) is 5.11. The molecule has 2 aromatic heterocycles. The Morgan fingerprint density at radius 3 is 2.52 bits per heavy atom. The first kappa shape index (κ1) is 21.1. The smallest absolute Gasteiger partial charge is 0.194 e. The van der Waals surface area contributed by atoms with Crippen LogP contribution in [0, 0.1) is 0 Å². The van der Waals surface area contributed by atoms with Crippen LogP contribution in [0.15, 0.2) is 72.4 Å². The van der Waals surface area contributed by atoms with Crippen LogP contribution >= 0.6 is 0 Å². The standard InChI is InChI=1S/C24H31N7/c1-3-22(21-7-5-4-6-8-21)29-13-15-30(16-14-29)24(25-2)28-18-20-9-10-23(27-17-20)31-12-11-26-19-31/h4-12,17,19,22H,3,13-16,18H2,1-2H3,(H,25,28). The first-order chi connectivity index (χ1) is 15.3. The summed E-state index contributed by atoms with van der Waals surface area (Å²) >= 11 is 0. The fourth-order valence-corrected chi connectivity index (χ4v) is 4.21. The third-order valence-corrected chi connectivity index (χ3v) is 5.87. The van der Waals surface area contributed by atoms with E-state index in [-0.39, 0.29) is 0 Å². The molecule has 1 aliphatic rings. The van der Waals surface area contributed by atoms with Gasteiger partial charge in [0.05, 0.1) is 0 Å². The number of imidazole rings is 1. The highest BCUT2D eigenvalue weighted by molar-refractivity contribution is 5.80. The van der Waals surface area contributed by atoms with Gasteiger partial charge in [-0.15, -0.1) is 0 Å². The number of guanidine groups is 1. The maximum absolute atomic E-state index is 4.53. The molecule has 1 aliphatic heterocycles. The molecular formula is C24H31N7. The van der Waals surface area contributed by atoms with E-state index in [0.29, 0.717) is 12.6 Å². The number of nitrogens with one attached hydrogen (secondary N) is 1. The molecule has 0 spiro atoms. The fraction of sp³-hybridized carbons (Fsp3) is 0.375. The van der Waals surface area contributed by atoms with Crippen molar-refractivity contribution in [3.05, 3.63) is 78.5 Å². The number of piperazine rings is 1. The van der Waals surface area contributed by atoms with Crippen LogP contribution in [0.5, 0.6) is 0 Å². The Hall–Kier alpha value is -3.19. The summed E-state index contributed by atoms with van der Waals surface area (Å²) in [7, 11) is 1.86. The normalized spacial score (nSPS) is 16.3. The van der Waals surface area contributed by atoms with Gasteiger partial charge < -0.3 is 10.2 Å². The molecule has 1 saturated heterocycles. The molecule has 0 saturated carbocycles. The number of aliphatic imine (C=N–C) groups is 1. The van der Waals surface area contributed by atoms with E-state index in [4.69, 9.17) is 0 Å². The van der Waals surface area contributed by atoms with E-state index in [1.54, 1.807) is 12.5 Å². The number of hydrogen-bond acceptors (Lipinski definition) is 4. The fourth-order valence-electron chi connectivity index (χ4n) is 4.21. The van der Waals surface area contributed by atoms with Gasteiger partial charge in [0, 0.05) is 64.4 Å². The number of hydrogen-bond donors (Lipinski definition) is 1. The van der Waals surface area contributed by atoms with Crippen molar-refractivity contribution < 1.29 is 0 Å². The highest BCUT2D eigenvalue weighted by Gasteiger charge is 2.25. The Morgan fingerprint density at radius 2 is 1.90 bits per heavy atom. The molecule has 31 heavy (non-hydrogen) atoms. The summed E-state index contributed by atoms with van der Waals surface area (Å²) in [5.41, 5.74) is 2.53. The summed E-state index contributed by atoms with van der Waals surface area (Å²) in [5, 5.41) is 3.50. The van der Waals surface area contributed by atoms with Crippen LogP contribution in [0.25, 0.3) is 5.82 Å². The molecule has 1 unspecified atom stereocenters. The molecule has 0 aliphatic carbocycles. The monoisotopic (exact) mass is 417 g/mol. The van der Waals surface area contributed by atoms with Gasteiger partial charge in [-0.25, -0.2) is 9.97 Å². The van der Waals surface area contributed by atoms with Crippen molar-refractivity contribution >= 4 is 5.96 Å². The first-order valence-electron chi connectivity index (χ1n) is 11.0. The van der Waals surface area contributed by atoms with Crippen molar-refractivity contribution in [2.45, 2.75) is 25.9 Å². The molecule has 1 fully saturated rings. The predicted octanol–water partition coefficient (Wildman–Crippen LogP) is 3.11.